The molecule has 6 nitrogen and oxygen atoms in total. The summed E-state index contributed by atoms with van der Waals surface area (Å²) in [6.45, 7) is 1.50. The summed E-state index contributed by atoms with van der Waals surface area (Å²) in [5, 5.41) is 8.18. The minimum Gasteiger partial charge on any atom is -0.229 e. The van der Waals surface area contributed by atoms with E-state index in [1.807, 2.05) is 6.07 Å². The van der Waals surface area contributed by atoms with Gasteiger partial charge in [0.15, 0.2) is 9.84 Å². The number of nitriles is 1. The van der Waals surface area contributed by atoms with Crippen LogP contribution in [0.4, 0.5) is 0 Å². The molecule has 1 aliphatic heterocycles. The first kappa shape index (κ1) is 15.9. The van der Waals surface area contributed by atoms with Crippen LogP contribution in [0, 0.1) is 18.3 Å². The first-order valence-electron chi connectivity index (χ1n) is 6.48. The molecule has 1 heterocycles. The van der Waals surface area contributed by atoms with Crippen molar-refractivity contribution in [1.29, 1.82) is 5.26 Å². The third kappa shape index (κ3) is 3.43. The third-order valence-corrected chi connectivity index (χ3v) is 7.41. The van der Waals surface area contributed by atoms with E-state index in [0.29, 0.717) is 18.4 Å². The lowest BCUT2D eigenvalue weighted by molar-refractivity contribution is 0.570. The Balaban J connectivity index is 2.22. The first-order chi connectivity index (χ1) is 9.76. The number of benzene rings is 1. The zero-order valence-electron chi connectivity index (χ0n) is 11.5. The number of nitrogens with one attached hydrogen (secondary N) is 1. The number of sulfone groups is 1. The average Bonchev–Trinajstić information content (AvgIpc) is 2.76. The van der Waals surface area contributed by atoms with E-state index in [4.69, 9.17) is 5.26 Å². The van der Waals surface area contributed by atoms with E-state index in [9.17, 15) is 16.8 Å². The molecule has 1 saturated heterocycles. The topological polar surface area (TPSA) is 104 Å². The Morgan fingerprint density at radius 2 is 2.14 bits per heavy atom. The summed E-state index contributed by atoms with van der Waals surface area (Å²) in [5.74, 6) is 0.113. The number of rotatable bonds is 4. The van der Waals surface area contributed by atoms with Crippen LogP contribution in [0.25, 0.3) is 0 Å². The van der Waals surface area contributed by atoms with Gasteiger partial charge in [-0.15, -0.1) is 0 Å². The van der Waals surface area contributed by atoms with Crippen LogP contribution in [0.3, 0.4) is 0 Å². The molecule has 0 amide bonds. The van der Waals surface area contributed by atoms with Crippen molar-refractivity contribution >= 4 is 19.9 Å². The molecule has 1 fully saturated rings. The number of sulfonamides is 1. The summed E-state index contributed by atoms with van der Waals surface area (Å²) < 4.78 is 50.3. The molecular weight excluding hydrogens is 312 g/mol. The summed E-state index contributed by atoms with van der Waals surface area (Å²) in [4.78, 5) is 0.0111. The Kier molecular flexibility index (Phi) is 4.37. The second-order valence-corrected chi connectivity index (χ2v) is 9.21. The highest BCUT2D eigenvalue weighted by Crippen LogP contribution is 2.21. The molecule has 0 aliphatic carbocycles. The highest BCUT2D eigenvalue weighted by molar-refractivity contribution is 7.92. The molecule has 1 unspecified atom stereocenters. The smallest absolute Gasteiger partial charge is 0.229 e. The van der Waals surface area contributed by atoms with Crippen molar-refractivity contribution in [2.75, 3.05) is 12.3 Å². The Labute approximate surface area is 124 Å². The first-order valence-corrected chi connectivity index (χ1v) is 9.68. The van der Waals surface area contributed by atoms with Gasteiger partial charge in [-0.1, -0.05) is 6.07 Å². The van der Waals surface area contributed by atoms with Gasteiger partial charge in [-0.2, -0.15) is 5.26 Å². The van der Waals surface area contributed by atoms with Crippen molar-refractivity contribution in [2.24, 2.45) is 0 Å². The molecule has 8 heteroatoms. The third-order valence-electron chi connectivity index (χ3n) is 3.57. The second kappa shape index (κ2) is 5.75. The van der Waals surface area contributed by atoms with Crippen molar-refractivity contribution in [3.05, 3.63) is 29.3 Å². The summed E-state index contributed by atoms with van der Waals surface area (Å²) >= 11 is 0. The van der Waals surface area contributed by atoms with Gasteiger partial charge in [0.05, 0.1) is 27.5 Å². The number of hydrogen-bond acceptors (Lipinski definition) is 5. The van der Waals surface area contributed by atoms with Gasteiger partial charge in [0, 0.05) is 6.54 Å². The SMILES string of the molecule is Cc1ccc(C#N)cc1S(=O)(=O)NCC1CCCS1(=O)=O. The van der Waals surface area contributed by atoms with E-state index in [-0.39, 0.29) is 22.8 Å². The molecule has 21 heavy (non-hydrogen) atoms. The van der Waals surface area contributed by atoms with Gasteiger partial charge in [0.1, 0.15) is 0 Å². The molecule has 114 valence electrons. The molecule has 1 N–H and O–H groups in total. The largest absolute Gasteiger partial charge is 0.240 e. The van der Waals surface area contributed by atoms with Crippen molar-refractivity contribution in [1.82, 2.24) is 4.72 Å². The van der Waals surface area contributed by atoms with E-state index in [1.165, 1.54) is 12.1 Å². The van der Waals surface area contributed by atoms with Gasteiger partial charge >= 0.3 is 0 Å². The van der Waals surface area contributed by atoms with Crippen LogP contribution in [0.5, 0.6) is 0 Å². The van der Waals surface area contributed by atoms with E-state index in [2.05, 4.69) is 4.72 Å². The Hall–Kier alpha value is -1.43. The lowest BCUT2D eigenvalue weighted by Crippen LogP contribution is -2.34. The molecule has 1 aliphatic rings. The lowest BCUT2D eigenvalue weighted by Gasteiger charge is -2.13. The molecule has 0 spiro atoms. The van der Waals surface area contributed by atoms with Crippen LogP contribution in [-0.4, -0.2) is 34.4 Å². The highest BCUT2D eigenvalue weighted by atomic mass is 32.2. The molecular formula is C13H16N2O4S2. The van der Waals surface area contributed by atoms with E-state index in [0.717, 1.165) is 0 Å². The fourth-order valence-electron chi connectivity index (χ4n) is 2.33. The van der Waals surface area contributed by atoms with Crippen LogP contribution < -0.4 is 4.72 Å². The van der Waals surface area contributed by atoms with Crippen LogP contribution >= 0.6 is 0 Å². The molecule has 0 bridgehead atoms. The quantitative estimate of drug-likeness (QED) is 0.877. The summed E-state index contributed by atoms with van der Waals surface area (Å²) in [6.07, 6.45) is 1.04. The summed E-state index contributed by atoms with van der Waals surface area (Å²) in [5.41, 5.74) is 0.755. The normalized spacial score (nSPS) is 21.0. The average molecular weight is 328 g/mol. The number of nitrogens with zero attached hydrogens (tertiary/aromatic N) is 1. The molecule has 0 aromatic heterocycles. The van der Waals surface area contributed by atoms with Gasteiger partial charge in [-0.3, -0.25) is 0 Å². The Morgan fingerprint density at radius 3 is 2.71 bits per heavy atom. The maximum atomic E-state index is 12.3. The minimum absolute atomic E-state index is 0.0111. The monoisotopic (exact) mass is 328 g/mol. The minimum atomic E-state index is -3.83. The predicted octanol–water partition coefficient (Wildman–Crippen LogP) is 0.722. The maximum absolute atomic E-state index is 12.3. The number of hydrogen-bond donors (Lipinski definition) is 1. The van der Waals surface area contributed by atoms with Crippen LogP contribution in [-0.2, 0) is 19.9 Å². The highest BCUT2D eigenvalue weighted by Gasteiger charge is 2.32. The van der Waals surface area contributed by atoms with E-state index < -0.39 is 25.1 Å². The molecule has 1 aromatic carbocycles. The van der Waals surface area contributed by atoms with Crippen molar-refractivity contribution in [3.63, 3.8) is 0 Å². The Bertz CT molecular complexity index is 792. The standard InChI is InChI=1S/C13H16N2O4S2/c1-10-4-5-11(8-14)7-13(10)21(18,19)15-9-12-3-2-6-20(12,16)17/h4-5,7,12,15H,2-3,6,9H2,1H3. The number of aryl methyl sites for hydroxylation is 1. The zero-order chi connectivity index (χ0) is 15.7. The molecule has 1 aromatic rings. The molecule has 2 rings (SSSR count). The molecule has 0 radical (unpaired) electrons. The van der Waals surface area contributed by atoms with Gasteiger partial charge in [-0.05, 0) is 37.5 Å². The second-order valence-electron chi connectivity index (χ2n) is 5.08. The Morgan fingerprint density at radius 1 is 1.43 bits per heavy atom. The van der Waals surface area contributed by atoms with Gasteiger partial charge < -0.3 is 0 Å². The summed E-state index contributed by atoms with van der Waals surface area (Å²) in [7, 11) is -7.02. The summed E-state index contributed by atoms with van der Waals surface area (Å²) in [6, 6.07) is 6.27. The van der Waals surface area contributed by atoms with Crippen molar-refractivity contribution < 1.29 is 16.8 Å². The van der Waals surface area contributed by atoms with Crippen molar-refractivity contribution in [3.8, 4) is 6.07 Å². The maximum Gasteiger partial charge on any atom is 0.240 e. The fourth-order valence-corrected chi connectivity index (χ4v) is 5.55. The van der Waals surface area contributed by atoms with Gasteiger partial charge in [-0.25, -0.2) is 21.6 Å². The molecule has 0 saturated carbocycles. The zero-order valence-corrected chi connectivity index (χ0v) is 13.2. The van der Waals surface area contributed by atoms with E-state index >= 15 is 0 Å². The van der Waals surface area contributed by atoms with Gasteiger partial charge in [0.2, 0.25) is 10.0 Å². The van der Waals surface area contributed by atoms with Crippen LogP contribution in [0.15, 0.2) is 23.1 Å². The molecule has 1 atom stereocenters. The fraction of sp³-hybridized carbons (Fsp3) is 0.462. The van der Waals surface area contributed by atoms with Crippen molar-refractivity contribution in [2.45, 2.75) is 29.9 Å². The van der Waals surface area contributed by atoms with Crippen LogP contribution in [0.2, 0.25) is 0 Å². The van der Waals surface area contributed by atoms with E-state index in [1.54, 1.807) is 13.0 Å². The predicted molar refractivity (Wildman–Crippen MR) is 77.9 cm³/mol. The lowest BCUT2D eigenvalue weighted by atomic mass is 10.2. The van der Waals surface area contributed by atoms with Gasteiger partial charge in [0.25, 0.3) is 0 Å². The van der Waals surface area contributed by atoms with Crippen LogP contribution in [0.1, 0.15) is 24.0 Å².